The van der Waals surface area contributed by atoms with Gasteiger partial charge in [-0.1, -0.05) is 74.6 Å². The minimum atomic E-state index is -2.06. The number of hydrogen-bond donors (Lipinski definition) is 10. The van der Waals surface area contributed by atoms with Crippen molar-refractivity contribution in [2.75, 3.05) is 14.2 Å². The molecule has 0 radical (unpaired) electrons. The molecule has 1 heterocycles. The Bertz CT molecular complexity index is 2110. The molecule has 1 saturated heterocycles. The maximum absolute atomic E-state index is 14.0. The van der Waals surface area contributed by atoms with E-state index >= 15 is 0 Å². The summed E-state index contributed by atoms with van der Waals surface area (Å²) < 4.78 is 10.5. The van der Waals surface area contributed by atoms with Crippen molar-refractivity contribution in [3.8, 4) is 0 Å². The standard InChI is InChI=1S/C45H61N7O16/c1-23(19-24(2)34(67-6)20-28-11-9-8-10-12-28)13-14-29-25(3)39(58)51-31(44(63)64)15-17-35(53)46-26(4)40(59)47-27(5)41(60)50-30(16-18-37(55)56)42(61)52-33(45(65)66)21-36(54)48-32(43(62)49-29)22-38(57)68-7/h8-14,19,24-25,27,29-34H,4,15-18,20-22H2,1-3,5-7H3,(H,46,53)(H,47,59)(H,48,54)(H,49,62)(H,50,60)(H,51,58)(H,52,61)(H,55,56)(H,63,64)(H,65,66)/b14-13+,23-19+/t24-,25-,27+,29?,30-,31+,32?,33?,34-/m0/s1. The van der Waals surface area contributed by atoms with E-state index in [-0.39, 0.29) is 12.0 Å². The van der Waals surface area contributed by atoms with Gasteiger partial charge in [-0.3, -0.25) is 43.2 Å². The van der Waals surface area contributed by atoms with Gasteiger partial charge >= 0.3 is 23.9 Å². The third kappa shape index (κ3) is 19.6. The van der Waals surface area contributed by atoms with Crippen LogP contribution in [0.15, 0.2) is 66.4 Å². The molecule has 1 fully saturated rings. The average Bonchev–Trinajstić information content (AvgIpc) is 3.28. The fourth-order valence-electron chi connectivity index (χ4n) is 6.61. The highest BCUT2D eigenvalue weighted by molar-refractivity contribution is 6.00. The predicted molar refractivity (Wildman–Crippen MR) is 239 cm³/mol. The Kier molecular flexibility index (Phi) is 23.3. The van der Waals surface area contributed by atoms with E-state index in [0.29, 0.717) is 12.0 Å². The molecule has 1 aromatic carbocycles. The highest BCUT2D eigenvalue weighted by Crippen LogP contribution is 2.18. The van der Waals surface area contributed by atoms with Gasteiger partial charge < -0.3 is 62.0 Å². The molecule has 1 aromatic rings. The number of hydrogen-bond acceptors (Lipinski definition) is 13. The van der Waals surface area contributed by atoms with Gasteiger partial charge in [-0.25, -0.2) is 9.59 Å². The molecule has 68 heavy (non-hydrogen) atoms. The zero-order chi connectivity index (χ0) is 51.2. The predicted octanol–water partition coefficient (Wildman–Crippen LogP) is -0.642. The van der Waals surface area contributed by atoms with E-state index in [4.69, 9.17) is 9.47 Å². The van der Waals surface area contributed by atoms with Gasteiger partial charge in [0, 0.05) is 25.9 Å². The van der Waals surface area contributed by atoms with E-state index < -0.39 is 152 Å². The second-order valence-electron chi connectivity index (χ2n) is 16.1. The summed E-state index contributed by atoms with van der Waals surface area (Å²) in [6, 6.07) is -0.444. The molecule has 23 nitrogen and oxygen atoms in total. The van der Waals surface area contributed by atoms with Crippen molar-refractivity contribution in [3.63, 3.8) is 0 Å². The molecular weight excluding hydrogens is 895 g/mol. The van der Waals surface area contributed by atoms with Crippen LogP contribution >= 0.6 is 0 Å². The number of amides is 7. The number of carbonyl (C=O) groups excluding carboxylic acids is 8. The zero-order valence-electron chi connectivity index (χ0n) is 38.6. The number of nitrogens with one attached hydrogen (secondary N) is 7. The molecule has 0 aromatic heterocycles. The first-order chi connectivity index (χ1) is 31.9. The molecule has 10 N–H and O–H groups in total. The summed E-state index contributed by atoms with van der Waals surface area (Å²) in [4.78, 5) is 142. The number of carbonyl (C=O) groups is 11. The minimum absolute atomic E-state index is 0.164. The number of methoxy groups -OCH3 is 2. The van der Waals surface area contributed by atoms with Gasteiger partial charge in [-0.15, -0.1) is 0 Å². The highest BCUT2D eigenvalue weighted by Gasteiger charge is 2.34. The zero-order valence-corrected chi connectivity index (χ0v) is 38.6. The smallest absolute Gasteiger partial charge is 0.326 e. The van der Waals surface area contributed by atoms with Gasteiger partial charge in [0.2, 0.25) is 35.4 Å². The summed E-state index contributed by atoms with van der Waals surface area (Å²) >= 11 is 0. The topological polar surface area (TPSA) is 351 Å². The maximum atomic E-state index is 14.0. The second-order valence-corrected chi connectivity index (χ2v) is 16.1. The van der Waals surface area contributed by atoms with Crippen molar-refractivity contribution in [1.29, 1.82) is 0 Å². The van der Waals surface area contributed by atoms with Gasteiger partial charge in [0.15, 0.2) is 0 Å². The monoisotopic (exact) mass is 955 g/mol. The molecule has 23 heteroatoms. The first kappa shape index (κ1) is 56.7. The van der Waals surface area contributed by atoms with Crippen LogP contribution in [0.4, 0.5) is 0 Å². The number of rotatable bonds is 14. The largest absolute Gasteiger partial charge is 0.481 e. The van der Waals surface area contributed by atoms with Gasteiger partial charge in [0.1, 0.15) is 30.2 Å². The fraction of sp³-hybridized carbons (Fsp3) is 0.489. The van der Waals surface area contributed by atoms with Gasteiger partial charge in [-0.05, 0) is 38.7 Å². The quantitative estimate of drug-likeness (QED) is 0.0630. The minimum Gasteiger partial charge on any atom is -0.481 e. The van der Waals surface area contributed by atoms with Crippen LogP contribution in [0.5, 0.6) is 0 Å². The van der Waals surface area contributed by atoms with Crippen LogP contribution < -0.4 is 37.2 Å². The van der Waals surface area contributed by atoms with Crippen LogP contribution in [-0.2, 0) is 68.6 Å². The van der Waals surface area contributed by atoms with Crippen molar-refractivity contribution in [2.24, 2.45) is 11.8 Å². The molecule has 1 aliphatic heterocycles. The van der Waals surface area contributed by atoms with E-state index in [1.807, 2.05) is 48.6 Å². The number of carboxylic acids is 3. The molecule has 372 valence electrons. The summed E-state index contributed by atoms with van der Waals surface area (Å²) in [6.07, 6.45) is 0.924. The number of ether oxygens (including phenoxy) is 2. The Morgan fingerprint density at radius 3 is 2.00 bits per heavy atom. The molecule has 7 amide bonds. The Morgan fingerprint density at radius 1 is 0.794 bits per heavy atom. The van der Waals surface area contributed by atoms with Crippen LogP contribution in [0.2, 0.25) is 0 Å². The van der Waals surface area contributed by atoms with Crippen molar-refractivity contribution < 1.29 is 77.5 Å². The van der Waals surface area contributed by atoms with Crippen LogP contribution in [-0.4, -0.2) is 137 Å². The van der Waals surface area contributed by atoms with E-state index in [1.165, 1.54) is 13.0 Å². The van der Waals surface area contributed by atoms with Crippen LogP contribution in [0.25, 0.3) is 0 Å². The summed E-state index contributed by atoms with van der Waals surface area (Å²) in [7, 11) is 2.57. The van der Waals surface area contributed by atoms with Crippen LogP contribution in [0.3, 0.4) is 0 Å². The van der Waals surface area contributed by atoms with Crippen molar-refractivity contribution in [2.45, 2.75) is 115 Å². The molecule has 3 unspecified atom stereocenters. The SMILES string of the molecule is C=C1NC(=O)CC[C@H](C(=O)O)NC(=O)[C@@H](C)C(/C=C/C(C)=C/[C@H](C)[C@H](Cc2ccccc2)OC)NC(=O)C(CC(=O)OC)NC(=O)CC(C(=O)O)NC(=O)[C@H](CCC(=O)O)NC(=O)[C@@H](C)NC1=O. The fourth-order valence-corrected chi connectivity index (χ4v) is 6.61. The first-order valence-corrected chi connectivity index (χ1v) is 21.4. The van der Waals surface area contributed by atoms with Crippen LogP contribution in [0.1, 0.15) is 71.8 Å². The lowest BCUT2D eigenvalue weighted by molar-refractivity contribution is -0.145. The van der Waals surface area contributed by atoms with Crippen molar-refractivity contribution in [3.05, 3.63) is 72.0 Å². The average molecular weight is 956 g/mol. The van der Waals surface area contributed by atoms with E-state index in [9.17, 15) is 68.1 Å². The summed E-state index contributed by atoms with van der Waals surface area (Å²) in [5.41, 5.74) is 1.09. The van der Waals surface area contributed by atoms with Crippen molar-refractivity contribution in [1.82, 2.24) is 37.2 Å². The summed E-state index contributed by atoms with van der Waals surface area (Å²) in [6.45, 7) is 9.60. The van der Waals surface area contributed by atoms with Crippen molar-refractivity contribution >= 4 is 65.2 Å². The number of aliphatic carboxylic acids is 3. The molecule has 9 atom stereocenters. The molecule has 1 aliphatic rings. The number of allylic oxidation sites excluding steroid dienone is 2. The summed E-state index contributed by atoms with van der Waals surface area (Å²) in [5, 5.41) is 45.0. The van der Waals surface area contributed by atoms with Gasteiger partial charge in [0.05, 0.1) is 43.7 Å². The first-order valence-electron chi connectivity index (χ1n) is 21.4. The Labute approximate surface area is 392 Å². The third-order valence-corrected chi connectivity index (χ3v) is 10.6. The number of carboxylic acid groups (broad SMARTS) is 3. The second kappa shape index (κ2) is 27.9. The normalized spacial score (nSPS) is 24.5. The van der Waals surface area contributed by atoms with E-state index in [1.54, 1.807) is 20.1 Å². The van der Waals surface area contributed by atoms with E-state index in [2.05, 4.69) is 38.5 Å². The highest BCUT2D eigenvalue weighted by atomic mass is 16.5. The molecule has 0 aliphatic carbocycles. The maximum Gasteiger partial charge on any atom is 0.326 e. The van der Waals surface area contributed by atoms with Gasteiger partial charge in [-0.2, -0.15) is 0 Å². The number of esters is 1. The lowest BCUT2D eigenvalue weighted by atomic mass is 9.94. The van der Waals surface area contributed by atoms with Gasteiger partial charge in [0.25, 0.3) is 5.91 Å². The molecule has 0 bridgehead atoms. The van der Waals surface area contributed by atoms with Crippen LogP contribution in [0, 0.1) is 11.8 Å². The molecule has 0 saturated carbocycles. The Hall–Kier alpha value is -7.43. The molecule has 2 rings (SSSR count). The Balaban J connectivity index is 2.64. The lowest BCUT2D eigenvalue weighted by Gasteiger charge is -2.26. The third-order valence-electron chi connectivity index (χ3n) is 10.6. The Morgan fingerprint density at radius 2 is 1.41 bits per heavy atom. The molecular formula is C45H61N7O16. The molecule has 0 spiro atoms. The lowest BCUT2D eigenvalue weighted by Crippen LogP contribution is -2.57. The number of benzene rings is 1. The van der Waals surface area contributed by atoms with E-state index in [0.717, 1.165) is 19.6 Å². The summed E-state index contributed by atoms with van der Waals surface area (Å²) in [5.74, 6) is -14.7.